The number of piperazine rings is 1. The number of ether oxygens (including phenoxy) is 1. The van der Waals surface area contributed by atoms with Crippen LogP contribution in [-0.4, -0.2) is 83.8 Å². The molecule has 2 aromatic carbocycles. The van der Waals surface area contributed by atoms with Crippen LogP contribution >= 0.6 is 23.2 Å². The summed E-state index contributed by atoms with van der Waals surface area (Å²) in [6, 6.07) is 14.3. The Morgan fingerprint density at radius 2 is 1.77 bits per heavy atom. The largest absolute Gasteiger partial charge is 0.487 e. The van der Waals surface area contributed by atoms with Crippen LogP contribution in [0.1, 0.15) is 5.56 Å². The predicted octanol–water partition coefficient (Wildman–Crippen LogP) is 2.41. The number of benzene rings is 2. The molecular weight excluding hydrogens is 489 g/mol. The Morgan fingerprint density at radius 3 is 2.43 bits per heavy atom. The zero-order valence-corrected chi connectivity index (χ0v) is 20.3. The summed E-state index contributed by atoms with van der Waals surface area (Å²) in [7, 11) is 0. The second-order valence-electron chi connectivity index (χ2n) is 8.46. The predicted molar refractivity (Wildman–Crippen MR) is 134 cm³/mol. The summed E-state index contributed by atoms with van der Waals surface area (Å²) >= 11 is 12.0. The van der Waals surface area contributed by atoms with Crippen molar-refractivity contribution < 1.29 is 9.53 Å². The number of carbonyl (C=O) groups excluding carboxylic acids is 1. The number of hydrogen-bond acceptors (Lipinski definition) is 6. The molecule has 0 bridgehead atoms. The lowest BCUT2D eigenvalue weighted by molar-refractivity contribution is -0.133. The molecule has 3 heterocycles. The summed E-state index contributed by atoms with van der Waals surface area (Å²) in [5.41, 5.74) is 1.62. The van der Waals surface area contributed by atoms with E-state index in [2.05, 4.69) is 10.3 Å². The normalized spacial score (nSPS) is 21.0. The van der Waals surface area contributed by atoms with Crippen molar-refractivity contribution in [2.75, 3.05) is 39.3 Å². The third kappa shape index (κ3) is 5.05. The fraction of sp³-hybridized carbons (Fsp3) is 0.333. The molecule has 0 spiro atoms. The molecule has 35 heavy (non-hydrogen) atoms. The number of aliphatic imine (C=N–C) groups is 1. The van der Waals surface area contributed by atoms with Crippen LogP contribution in [0.3, 0.4) is 0 Å². The molecule has 1 unspecified atom stereocenters. The lowest BCUT2D eigenvalue weighted by atomic mass is 10.0. The second-order valence-corrected chi connectivity index (χ2v) is 9.34. The van der Waals surface area contributed by atoms with Crippen molar-refractivity contribution in [1.82, 2.24) is 20.1 Å². The minimum absolute atomic E-state index is 0.0175. The zero-order chi connectivity index (χ0) is 24.4. The number of rotatable bonds is 4. The monoisotopic (exact) mass is 511 g/mol. The van der Waals surface area contributed by atoms with Gasteiger partial charge in [0.1, 0.15) is 11.9 Å². The molecule has 2 aromatic rings. The van der Waals surface area contributed by atoms with Gasteiger partial charge in [0, 0.05) is 28.7 Å². The Morgan fingerprint density at radius 1 is 1.09 bits per heavy atom. The second kappa shape index (κ2) is 10.1. The molecular formula is C24H23Cl2N7O2. The first-order chi connectivity index (χ1) is 17.0. The SMILES string of the molecule is N#CN=C(N1CC(Oc2ccc(Cl)cc2)C1)N1CC(N2CCNCC2=O)C(c2ccc(Cl)cc2)=N1. The topological polar surface area (TPSA) is 96.6 Å². The first kappa shape index (κ1) is 23.4. The van der Waals surface area contributed by atoms with Crippen LogP contribution in [0.15, 0.2) is 58.6 Å². The molecule has 2 fully saturated rings. The van der Waals surface area contributed by atoms with Gasteiger partial charge in [-0.15, -0.1) is 4.99 Å². The molecule has 5 rings (SSSR count). The highest BCUT2D eigenvalue weighted by Crippen LogP contribution is 2.26. The lowest BCUT2D eigenvalue weighted by Crippen LogP contribution is -2.60. The number of hydrogen-bond donors (Lipinski definition) is 1. The average molecular weight is 512 g/mol. The molecule has 3 aliphatic rings. The number of amides is 1. The highest BCUT2D eigenvalue weighted by Gasteiger charge is 2.41. The third-order valence-electron chi connectivity index (χ3n) is 6.16. The van der Waals surface area contributed by atoms with E-state index in [1.807, 2.05) is 40.3 Å². The summed E-state index contributed by atoms with van der Waals surface area (Å²) in [6.45, 7) is 3.11. The fourth-order valence-corrected chi connectivity index (χ4v) is 4.65. The Bertz CT molecular complexity index is 1190. The lowest BCUT2D eigenvalue weighted by Gasteiger charge is -2.42. The first-order valence-corrected chi connectivity index (χ1v) is 12.0. The van der Waals surface area contributed by atoms with Gasteiger partial charge >= 0.3 is 0 Å². The van der Waals surface area contributed by atoms with E-state index in [1.54, 1.807) is 29.3 Å². The molecule has 3 aliphatic heterocycles. The van der Waals surface area contributed by atoms with Gasteiger partial charge in [0.05, 0.1) is 37.9 Å². The van der Waals surface area contributed by atoms with E-state index in [0.29, 0.717) is 55.3 Å². The fourth-order valence-electron chi connectivity index (χ4n) is 4.40. The number of carbonyl (C=O) groups is 1. The maximum Gasteiger partial charge on any atom is 0.237 e. The number of nitriles is 1. The van der Waals surface area contributed by atoms with E-state index in [4.69, 9.17) is 33.0 Å². The summed E-state index contributed by atoms with van der Waals surface area (Å²) < 4.78 is 5.99. The summed E-state index contributed by atoms with van der Waals surface area (Å²) in [4.78, 5) is 20.6. The number of guanidine groups is 1. The van der Waals surface area contributed by atoms with Crippen molar-refractivity contribution >= 4 is 40.8 Å². The highest BCUT2D eigenvalue weighted by molar-refractivity contribution is 6.31. The number of nitrogens with one attached hydrogen (secondary N) is 1. The molecule has 1 N–H and O–H groups in total. The van der Waals surface area contributed by atoms with Crippen molar-refractivity contribution in [3.8, 4) is 11.9 Å². The minimum Gasteiger partial charge on any atom is -0.487 e. The van der Waals surface area contributed by atoms with Crippen LogP contribution in [0.2, 0.25) is 10.0 Å². The van der Waals surface area contributed by atoms with E-state index in [9.17, 15) is 10.1 Å². The third-order valence-corrected chi connectivity index (χ3v) is 6.66. The van der Waals surface area contributed by atoms with Crippen LogP contribution in [0.25, 0.3) is 0 Å². The molecule has 1 amide bonds. The molecule has 0 radical (unpaired) electrons. The van der Waals surface area contributed by atoms with Crippen LogP contribution in [0.5, 0.6) is 5.75 Å². The van der Waals surface area contributed by atoms with Gasteiger partial charge < -0.3 is 19.9 Å². The van der Waals surface area contributed by atoms with E-state index >= 15 is 0 Å². The van der Waals surface area contributed by atoms with Gasteiger partial charge in [-0.1, -0.05) is 35.3 Å². The number of likely N-dealkylation sites (tertiary alicyclic amines) is 1. The van der Waals surface area contributed by atoms with Crippen LogP contribution in [0.4, 0.5) is 0 Å². The number of nitrogens with zero attached hydrogens (tertiary/aromatic N) is 6. The van der Waals surface area contributed by atoms with Crippen molar-refractivity contribution in [3.63, 3.8) is 0 Å². The van der Waals surface area contributed by atoms with E-state index < -0.39 is 0 Å². The van der Waals surface area contributed by atoms with Crippen LogP contribution in [-0.2, 0) is 4.79 Å². The van der Waals surface area contributed by atoms with Crippen molar-refractivity contribution in [3.05, 3.63) is 64.1 Å². The summed E-state index contributed by atoms with van der Waals surface area (Å²) in [5.74, 6) is 1.20. The average Bonchev–Trinajstić information content (AvgIpc) is 3.27. The molecule has 0 saturated carbocycles. The van der Waals surface area contributed by atoms with Gasteiger partial charge in [-0.2, -0.15) is 10.4 Å². The number of hydrazone groups is 1. The zero-order valence-electron chi connectivity index (χ0n) is 18.8. The molecule has 180 valence electrons. The first-order valence-electron chi connectivity index (χ1n) is 11.3. The Hall–Kier alpha value is -3.32. The van der Waals surface area contributed by atoms with Gasteiger partial charge in [0.15, 0.2) is 0 Å². The van der Waals surface area contributed by atoms with Crippen molar-refractivity contribution in [1.29, 1.82) is 5.26 Å². The van der Waals surface area contributed by atoms with Gasteiger partial charge in [-0.25, -0.2) is 5.01 Å². The highest BCUT2D eigenvalue weighted by atomic mass is 35.5. The number of halogens is 2. The van der Waals surface area contributed by atoms with Crippen LogP contribution in [0, 0.1) is 11.5 Å². The smallest absolute Gasteiger partial charge is 0.237 e. The quantitative estimate of drug-likeness (QED) is 0.384. The summed E-state index contributed by atoms with van der Waals surface area (Å²) in [6.07, 6.45) is 1.85. The Kier molecular flexibility index (Phi) is 6.77. The molecule has 0 aliphatic carbocycles. The minimum atomic E-state index is -0.267. The van der Waals surface area contributed by atoms with Gasteiger partial charge in [-0.3, -0.25) is 4.79 Å². The van der Waals surface area contributed by atoms with Crippen LogP contribution < -0.4 is 10.1 Å². The standard InChI is InChI=1S/C24H23Cl2N7O2/c25-17-3-1-16(2-4-17)23-21(32-10-9-28-11-22(32)34)14-33(30-23)24(29-15-27)31-12-20(13-31)35-19-7-5-18(26)6-8-19/h1-8,20-21,28H,9-14H2. The van der Waals surface area contributed by atoms with E-state index in [-0.39, 0.29) is 18.1 Å². The Balaban J connectivity index is 1.35. The van der Waals surface area contributed by atoms with Gasteiger partial charge in [0.25, 0.3) is 0 Å². The summed E-state index contributed by atoms with van der Waals surface area (Å²) in [5, 5.41) is 20.3. The van der Waals surface area contributed by atoms with Crippen molar-refractivity contribution in [2.24, 2.45) is 10.1 Å². The molecule has 9 nitrogen and oxygen atoms in total. The van der Waals surface area contributed by atoms with E-state index in [0.717, 1.165) is 17.0 Å². The van der Waals surface area contributed by atoms with Gasteiger partial charge in [0.2, 0.25) is 18.1 Å². The molecule has 2 saturated heterocycles. The van der Waals surface area contributed by atoms with E-state index in [1.165, 1.54) is 0 Å². The Labute approximate surface area is 213 Å². The molecule has 0 aromatic heterocycles. The van der Waals surface area contributed by atoms with Gasteiger partial charge in [-0.05, 0) is 36.4 Å². The molecule has 11 heteroatoms. The maximum atomic E-state index is 12.7. The van der Waals surface area contributed by atoms with Crippen molar-refractivity contribution in [2.45, 2.75) is 12.1 Å². The maximum absolute atomic E-state index is 12.7. The molecule has 1 atom stereocenters.